The van der Waals surface area contributed by atoms with Crippen LogP contribution in [0.15, 0.2) is 35.0 Å². The molecule has 0 aliphatic rings. The first-order chi connectivity index (χ1) is 9.50. The van der Waals surface area contributed by atoms with Crippen molar-refractivity contribution >= 4 is 28.7 Å². The van der Waals surface area contributed by atoms with Gasteiger partial charge in [0, 0.05) is 6.04 Å². The largest absolute Gasteiger partial charge is 0.477 e. The fourth-order valence-corrected chi connectivity index (χ4v) is 2.62. The van der Waals surface area contributed by atoms with Gasteiger partial charge in [0.2, 0.25) is 0 Å². The molecule has 0 fully saturated rings. The summed E-state index contributed by atoms with van der Waals surface area (Å²) in [6.45, 7) is 1.86. The standard InChI is InChI=1S/C13H12N2O4S/c1-8(9-5-6-20-7-9)14-11-4-2-3-10(13(16)17)12(11)15(18)19/h2-8,14H,1H3,(H,16,17). The van der Waals surface area contributed by atoms with E-state index in [-0.39, 0.29) is 17.3 Å². The van der Waals surface area contributed by atoms with Crippen molar-refractivity contribution in [1.82, 2.24) is 0 Å². The van der Waals surface area contributed by atoms with Crippen molar-refractivity contribution in [1.29, 1.82) is 0 Å². The van der Waals surface area contributed by atoms with Gasteiger partial charge in [0.25, 0.3) is 0 Å². The Bertz CT molecular complexity index is 640. The summed E-state index contributed by atoms with van der Waals surface area (Å²) >= 11 is 1.53. The Labute approximate surface area is 118 Å². The summed E-state index contributed by atoms with van der Waals surface area (Å²) < 4.78 is 0. The Morgan fingerprint density at radius 3 is 2.75 bits per heavy atom. The molecule has 20 heavy (non-hydrogen) atoms. The number of nitrogens with zero attached hydrogens (tertiary/aromatic N) is 1. The average molecular weight is 292 g/mol. The molecule has 0 radical (unpaired) electrons. The number of carboxylic acid groups (broad SMARTS) is 1. The maximum absolute atomic E-state index is 11.1. The summed E-state index contributed by atoms with van der Waals surface area (Å²) in [7, 11) is 0. The van der Waals surface area contributed by atoms with E-state index in [0.29, 0.717) is 0 Å². The van der Waals surface area contributed by atoms with Gasteiger partial charge in [-0.3, -0.25) is 10.1 Å². The Balaban J connectivity index is 2.39. The lowest BCUT2D eigenvalue weighted by Gasteiger charge is -2.14. The highest BCUT2D eigenvalue weighted by atomic mass is 32.1. The number of nitro benzene ring substituents is 1. The second-order valence-corrected chi connectivity index (χ2v) is 4.97. The molecule has 1 heterocycles. The van der Waals surface area contributed by atoms with Crippen molar-refractivity contribution in [3.05, 3.63) is 56.3 Å². The smallest absolute Gasteiger partial charge is 0.342 e. The van der Waals surface area contributed by atoms with Gasteiger partial charge in [0.15, 0.2) is 0 Å². The number of hydrogen-bond donors (Lipinski definition) is 2. The lowest BCUT2D eigenvalue weighted by Crippen LogP contribution is -2.10. The van der Waals surface area contributed by atoms with E-state index in [4.69, 9.17) is 5.11 Å². The first-order valence-corrected chi connectivity index (χ1v) is 6.74. The number of thiophene rings is 1. The van der Waals surface area contributed by atoms with Gasteiger partial charge < -0.3 is 10.4 Å². The Morgan fingerprint density at radius 2 is 2.20 bits per heavy atom. The van der Waals surface area contributed by atoms with Crippen LogP contribution in [0.2, 0.25) is 0 Å². The summed E-state index contributed by atoms with van der Waals surface area (Å²) in [5.41, 5.74) is 0.457. The summed E-state index contributed by atoms with van der Waals surface area (Å²) in [5.74, 6) is -1.32. The minimum absolute atomic E-state index is 0.149. The molecular formula is C13H12N2O4S. The number of para-hydroxylation sites is 1. The number of benzene rings is 1. The third-order valence-electron chi connectivity index (χ3n) is 2.86. The maximum atomic E-state index is 11.1. The molecule has 0 amide bonds. The third kappa shape index (κ3) is 2.77. The molecule has 0 spiro atoms. The number of anilines is 1. The maximum Gasteiger partial charge on any atom is 0.342 e. The molecule has 1 aromatic carbocycles. The molecule has 0 saturated heterocycles. The first kappa shape index (κ1) is 14.0. The van der Waals surface area contributed by atoms with Crippen LogP contribution in [-0.2, 0) is 0 Å². The molecule has 2 aromatic rings. The Kier molecular flexibility index (Phi) is 3.99. The molecule has 0 bridgehead atoms. The van der Waals surface area contributed by atoms with E-state index < -0.39 is 16.6 Å². The lowest BCUT2D eigenvalue weighted by atomic mass is 10.1. The number of rotatable bonds is 5. The molecule has 1 aromatic heterocycles. The van der Waals surface area contributed by atoms with Gasteiger partial charge in [-0.1, -0.05) is 6.07 Å². The van der Waals surface area contributed by atoms with E-state index in [0.717, 1.165) is 5.56 Å². The van der Waals surface area contributed by atoms with Crippen LogP contribution in [0.4, 0.5) is 11.4 Å². The van der Waals surface area contributed by atoms with Gasteiger partial charge in [-0.2, -0.15) is 11.3 Å². The SMILES string of the molecule is CC(Nc1cccc(C(=O)O)c1[N+](=O)[O-])c1ccsc1. The van der Waals surface area contributed by atoms with Crippen LogP contribution in [0.25, 0.3) is 0 Å². The summed E-state index contributed by atoms with van der Waals surface area (Å²) in [6.07, 6.45) is 0. The van der Waals surface area contributed by atoms with Gasteiger partial charge in [-0.15, -0.1) is 0 Å². The van der Waals surface area contributed by atoms with E-state index >= 15 is 0 Å². The molecule has 1 unspecified atom stereocenters. The van der Waals surface area contributed by atoms with E-state index in [1.54, 1.807) is 0 Å². The number of nitrogens with one attached hydrogen (secondary N) is 1. The van der Waals surface area contributed by atoms with Gasteiger partial charge in [-0.25, -0.2) is 4.79 Å². The minimum Gasteiger partial charge on any atom is -0.477 e. The molecule has 2 rings (SSSR count). The van der Waals surface area contributed by atoms with Crippen LogP contribution in [0.1, 0.15) is 28.9 Å². The predicted octanol–water partition coefficient (Wildman–Crippen LogP) is 3.53. The zero-order valence-corrected chi connectivity index (χ0v) is 11.4. The molecule has 1 atom stereocenters. The molecule has 104 valence electrons. The second kappa shape index (κ2) is 5.70. The van der Waals surface area contributed by atoms with Crippen LogP contribution in [-0.4, -0.2) is 16.0 Å². The van der Waals surface area contributed by atoms with E-state index in [9.17, 15) is 14.9 Å². The highest BCUT2D eigenvalue weighted by molar-refractivity contribution is 7.07. The van der Waals surface area contributed by atoms with Gasteiger partial charge in [-0.05, 0) is 41.4 Å². The van der Waals surface area contributed by atoms with E-state index in [1.165, 1.54) is 29.5 Å². The summed E-state index contributed by atoms with van der Waals surface area (Å²) in [6, 6.07) is 5.98. The minimum atomic E-state index is -1.32. The quantitative estimate of drug-likeness (QED) is 0.649. The number of aromatic carboxylic acids is 1. The molecule has 0 aliphatic heterocycles. The average Bonchev–Trinajstić information content (AvgIpc) is 2.91. The number of nitro groups is 1. The first-order valence-electron chi connectivity index (χ1n) is 5.80. The third-order valence-corrected chi connectivity index (χ3v) is 3.57. The monoisotopic (exact) mass is 292 g/mol. The van der Waals surface area contributed by atoms with Gasteiger partial charge in [0.05, 0.1) is 4.92 Å². The molecule has 2 N–H and O–H groups in total. The molecule has 0 aliphatic carbocycles. The zero-order valence-electron chi connectivity index (χ0n) is 10.6. The van der Waals surface area contributed by atoms with Crippen molar-refractivity contribution in [2.45, 2.75) is 13.0 Å². The fourth-order valence-electron chi connectivity index (χ4n) is 1.87. The highest BCUT2D eigenvalue weighted by Gasteiger charge is 2.25. The number of carboxylic acids is 1. The number of hydrogen-bond acceptors (Lipinski definition) is 5. The highest BCUT2D eigenvalue weighted by Crippen LogP contribution is 2.31. The van der Waals surface area contributed by atoms with Gasteiger partial charge in [0.1, 0.15) is 11.3 Å². The number of carbonyl (C=O) groups is 1. The topological polar surface area (TPSA) is 92.5 Å². The molecule has 6 nitrogen and oxygen atoms in total. The van der Waals surface area contributed by atoms with Crippen LogP contribution in [0.5, 0.6) is 0 Å². The zero-order chi connectivity index (χ0) is 14.7. The normalized spacial score (nSPS) is 11.8. The van der Waals surface area contributed by atoms with Crippen LogP contribution in [0.3, 0.4) is 0 Å². The van der Waals surface area contributed by atoms with Crippen LogP contribution < -0.4 is 5.32 Å². The van der Waals surface area contributed by atoms with Crippen molar-refractivity contribution in [2.24, 2.45) is 0 Å². The Morgan fingerprint density at radius 1 is 1.45 bits per heavy atom. The predicted molar refractivity (Wildman–Crippen MR) is 76.4 cm³/mol. The Hall–Kier alpha value is -2.41. The summed E-state index contributed by atoms with van der Waals surface area (Å²) in [5, 5.41) is 27.0. The second-order valence-electron chi connectivity index (χ2n) is 4.19. The van der Waals surface area contributed by atoms with Crippen LogP contribution >= 0.6 is 11.3 Å². The summed E-state index contributed by atoms with van der Waals surface area (Å²) in [4.78, 5) is 21.5. The van der Waals surface area contributed by atoms with Crippen molar-refractivity contribution in [3.8, 4) is 0 Å². The van der Waals surface area contributed by atoms with E-state index in [2.05, 4.69) is 5.32 Å². The molecule has 7 heteroatoms. The fraction of sp³-hybridized carbons (Fsp3) is 0.154. The van der Waals surface area contributed by atoms with Gasteiger partial charge >= 0.3 is 11.7 Å². The molecule has 0 saturated carbocycles. The molecular weight excluding hydrogens is 280 g/mol. The lowest BCUT2D eigenvalue weighted by molar-refractivity contribution is -0.384. The van der Waals surface area contributed by atoms with E-state index in [1.807, 2.05) is 23.8 Å². The van der Waals surface area contributed by atoms with Crippen molar-refractivity contribution in [3.63, 3.8) is 0 Å². The van der Waals surface area contributed by atoms with Crippen molar-refractivity contribution < 1.29 is 14.8 Å². The van der Waals surface area contributed by atoms with Crippen molar-refractivity contribution in [2.75, 3.05) is 5.32 Å². The van der Waals surface area contributed by atoms with Crippen LogP contribution in [0, 0.1) is 10.1 Å².